The molecule has 2 heterocycles. The van der Waals surface area contributed by atoms with Gasteiger partial charge >= 0.3 is 0 Å². The molecule has 0 amide bonds. The summed E-state index contributed by atoms with van der Waals surface area (Å²) < 4.78 is 2.01. The lowest BCUT2D eigenvalue weighted by Crippen LogP contribution is -2.22. The van der Waals surface area contributed by atoms with Gasteiger partial charge in [0.15, 0.2) is 4.96 Å². The van der Waals surface area contributed by atoms with Gasteiger partial charge in [-0.3, -0.25) is 14.9 Å². The first-order valence-electron chi connectivity index (χ1n) is 7.04. The van der Waals surface area contributed by atoms with Crippen molar-refractivity contribution in [2.45, 2.75) is 0 Å². The summed E-state index contributed by atoms with van der Waals surface area (Å²) in [7, 11) is 0. The van der Waals surface area contributed by atoms with E-state index in [0.29, 0.717) is 15.0 Å². The number of hydrogen-bond acceptors (Lipinski definition) is 6. The largest absolute Gasteiger partial charge is 0.506 e. The zero-order valence-electron chi connectivity index (χ0n) is 12.3. The molecule has 9 heteroatoms. The van der Waals surface area contributed by atoms with Crippen LogP contribution in [0, 0.1) is 10.1 Å². The Labute approximate surface area is 151 Å². The molecule has 0 radical (unpaired) electrons. The third-order valence-corrected chi connectivity index (χ3v) is 5.29. The molecule has 0 saturated heterocycles. The molecule has 0 aliphatic carbocycles. The SMILES string of the molecule is O=c1c(=Cc2cc([N+](=O)[O-])cc(Br)c2O)sc2nc3ccccc3n12. The van der Waals surface area contributed by atoms with Gasteiger partial charge < -0.3 is 5.11 Å². The smallest absolute Gasteiger partial charge is 0.274 e. The maximum atomic E-state index is 12.7. The summed E-state index contributed by atoms with van der Waals surface area (Å²) in [5.41, 5.74) is 1.14. The number of hydrogen-bond donors (Lipinski definition) is 1. The summed E-state index contributed by atoms with van der Waals surface area (Å²) in [6.45, 7) is 0. The zero-order valence-corrected chi connectivity index (χ0v) is 14.7. The second-order valence-corrected chi connectivity index (χ2v) is 7.12. The van der Waals surface area contributed by atoms with Crippen molar-refractivity contribution in [3.8, 4) is 5.75 Å². The van der Waals surface area contributed by atoms with Crippen LogP contribution >= 0.6 is 27.3 Å². The van der Waals surface area contributed by atoms with Gasteiger partial charge in [-0.05, 0) is 34.1 Å². The van der Waals surface area contributed by atoms with Gasteiger partial charge in [0.2, 0.25) is 0 Å². The Morgan fingerprint density at radius 1 is 1.32 bits per heavy atom. The van der Waals surface area contributed by atoms with Crippen molar-refractivity contribution in [3.05, 3.63) is 71.4 Å². The number of aromatic hydroxyl groups is 1. The van der Waals surface area contributed by atoms with Crippen molar-refractivity contribution in [3.63, 3.8) is 0 Å². The van der Waals surface area contributed by atoms with Crippen molar-refractivity contribution in [1.29, 1.82) is 0 Å². The lowest BCUT2D eigenvalue weighted by atomic mass is 10.1. The van der Waals surface area contributed by atoms with Crippen LogP contribution in [0.5, 0.6) is 5.75 Å². The quantitative estimate of drug-likeness (QED) is 0.399. The highest BCUT2D eigenvalue weighted by molar-refractivity contribution is 9.10. The van der Waals surface area contributed by atoms with Crippen LogP contribution in [0.15, 0.2) is 45.7 Å². The second kappa shape index (κ2) is 5.64. The maximum Gasteiger partial charge on any atom is 0.274 e. The number of phenols is 1. The summed E-state index contributed by atoms with van der Waals surface area (Å²) in [4.78, 5) is 28.1. The molecule has 0 aliphatic rings. The fourth-order valence-electron chi connectivity index (χ4n) is 2.57. The van der Waals surface area contributed by atoms with Crippen LogP contribution in [-0.4, -0.2) is 19.4 Å². The van der Waals surface area contributed by atoms with Crippen molar-refractivity contribution in [1.82, 2.24) is 9.38 Å². The summed E-state index contributed by atoms with van der Waals surface area (Å²) in [6.07, 6.45) is 1.43. The van der Waals surface area contributed by atoms with E-state index in [2.05, 4.69) is 20.9 Å². The number of phenolic OH excluding ortho intramolecular Hbond substituents is 1. The van der Waals surface area contributed by atoms with E-state index in [-0.39, 0.29) is 27.0 Å². The van der Waals surface area contributed by atoms with Gasteiger partial charge in [-0.2, -0.15) is 0 Å². The molecule has 0 unspecified atom stereocenters. The van der Waals surface area contributed by atoms with Crippen LogP contribution in [0.1, 0.15) is 5.56 Å². The van der Waals surface area contributed by atoms with E-state index in [1.165, 1.54) is 22.6 Å². The van der Waals surface area contributed by atoms with Crippen LogP contribution in [-0.2, 0) is 0 Å². The molecule has 2 aromatic carbocycles. The van der Waals surface area contributed by atoms with Gasteiger partial charge in [0.05, 0.1) is 25.0 Å². The first-order valence-corrected chi connectivity index (χ1v) is 8.65. The summed E-state index contributed by atoms with van der Waals surface area (Å²) in [5.74, 6) is -0.166. The van der Waals surface area contributed by atoms with E-state index in [1.807, 2.05) is 18.2 Å². The fourth-order valence-corrected chi connectivity index (χ4v) is 4.02. The number of nitro benzene ring substituents is 1. The molecule has 0 aliphatic heterocycles. The number of rotatable bonds is 2. The van der Waals surface area contributed by atoms with Gasteiger partial charge in [-0.25, -0.2) is 9.38 Å². The molecular formula is C16H8BrN3O4S. The highest BCUT2D eigenvalue weighted by Gasteiger charge is 2.15. The highest BCUT2D eigenvalue weighted by atomic mass is 79.9. The van der Waals surface area contributed by atoms with Crippen molar-refractivity contribution >= 4 is 55.0 Å². The van der Waals surface area contributed by atoms with Crippen LogP contribution < -0.4 is 10.1 Å². The summed E-state index contributed by atoms with van der Waals surface area (Å²) in [6, 6.07) is 9.71. The van der Waals surface area contributed by atoms with Gasteiger partial charge in [0.25, 0.3) is 11.2 Å². The predicted octanol–water partition coefficient (Wildman–Crippen LogP) is 2.83. The Bertz CT molecular complexity index is 1280. The van der Waals surface area contributed by atoms with E-state index in [1.54, 1.807) is 6.07 Å². The average molecular weight is 418 g/mol. The first kappa shape index (κ1) is 15.7. The first-order chi connectivity index (χ1) is 12.0. The molecule has 0 atom stereocenters. The molecule has 0 spiro atoms. The fraction of sp³-hybridized carbons (Fsp3) is 0. The van der Waals surface area contributed by atoms with E-state index >= 15 is 0 Å². The minimum Gasteiger partial charge on any atom is -0.506 e. The number of para-hydroxylation sites is 2. The lowest BCUT2D eigenvalue weighted by molar-refractivity contribution is -0.385. The Morgan fingerprint density at radius 3 is 2.84 bits per heavy atom. The van der Waals surface area contributed by atoms with Crippen LogP contribution in [0.2, 0.25) is 0 Å². The molecule has 4 aromatic rings. The minimum atomic E-state index is -0.561. The zero-order chi connectivity index (χ0) is 17.7. The molecular weight excluding hydrogens is 410 g/mol. The number of halogens is 1. The normalized spacial score (nSPS) is 12.3. The molecule has 0 fully saturated rings. The van der Waals surface area contributed by atoms with Crippen LogP contribution in [0.25, 0.3) is 22.1 Å². The third-order valence-electron chi connectivity index (χ3n) is 3.72. The average Bonchev–Trinajstić information content (AvgIpc) is 3.08. The number of imidazole rings is 1. The van der Waals surface area contributed by atoms with Crippen molar-refractivity contribution in [2.75, 3.05) is 0 Å². The Balaban J connectivity index is 2.01. The Hall–Kier alpha value is -2.78. The van der Waals surface area contributed by atoms with Crippen LogP contribution in [0.3, 0.4) is 0 Å². The molecule has 25 heavy (non-hydrogen) atoms. The lowest BCUT2D eigenvalue weighted by Gasteiger charge is -2.01. The molecule has 124 valence electrons. The Kier molecular flexibility index (Phi) is 3.55. The number of fused-ring (bicyclic) bond motifs is 3. The minimum absolute atomic E-state index is 0.166. The number of aromatic nitrogens is 2. The van der Waals surface area contributed by atoms with Crippen molar-refractivity contribution in [2.24, 2.45) is 0 Å². The number of nitro groups is 1. The van der Waals surface area contributed by atoms with E-state index in [9.17, 15) is 20.0 Å². The second-order valence-electron chi connectivity index (χ2n) is 5.26. The summed E-state index contributed by atoms with van der Waals surface area (Å²) >= 11 is 4.25. The molecule has 2 aromatic heterocycles. The van der Waals surface area contributed by atoms with Crippen molar-refractivity contribution < 1.29 is 10.0 Å². The standard InChI is InChI=1S/C16H8BrN3O4S/c17-10-7-9(20(23)24)5-8(14(10)21)6-13-15(22)19-12-4-2-1-3-11(12)18-16(19)25-13/h1-7,21H. The van der Waals surface area contributed by atoms with E-state index in [4.69, 9.17) is 0 Å². The van der Waals surface area contributed by atoms with E-state index < -0.39 is 4.92 Å². The molecule has 0 saturated carbocycles. The number of nitrogens with zero attached hydrogens (tertiary/aromatic N) is 3. The number of thiazole rings is 1. The molecule has 0 bridgehead atoms. The monoisotopic (exact) mass is 417 g/mol. The molecule has 7 nitrogen and oxygen atoms in total. The predicted molar refractivity (Wildman–Crippen MR) is 98.1 cm³/mol. The van der Waals surface area contributed by atoms with Gasteiger partial charge in [0.1, 0.15) is 5.75 Å². The Morgan fingerprint density at radius 2 is 2.08 bits per heavy atom. The topological polar surface area (TPSA) is 97.7 Å². The maximum absolute atomic E-state index is 12.7. The molecule has 4 rings (SSSR count). The third kappa shape index (κ3) is 2.48. The van der Waals surface area contributed by atoms with Gasteiger partial charge in [-0.1, -0.05) is 23.5 Å². The number of non-ortho nitro benzene ring substituents is 1. The number of benzene rings is 2. The van der Waals surface area contributed by atoms with Gasteiger partial charge in [0, 0.05) is 17.7 Å². The summed E-state index contributed by atoms with van der Waals surface area (Å²) in [5, 5.41) is 21.1. The highest BCUT2D eigenvalue weighted by Crippen LogP contribution is 2.33. The molecule has 1 N–H and O–H groups in total. The van der Waals surface area contributed by atoms with Crippen LogP contribution in [0.4, 0.5) is 5.69 Å². The van der Waals surface area contributed by atoms with Gasteiger partial charge in [-0.15, -0.1) is 0 Å². The van der Waals surface area contributed by atoms with E-state index in [0.717, 1.165) is 16.9 Å².